The smallest absolute Gasteiger partial charge is 0.271 e. The second kappa shape index (κ2) is 3.87. The van der Waals surface area contributed by atoms with Crippen LogP contribution in [-0.4, -0.2) is 18.7 Å². The fourth-order valence-corrected chi connectivity index (χ4v) is 1.37. The van der Waals surface area contributed by atoms with Gasteiger partial charge in [-0.25, -0.2) is 0 Å². The zero-order valence-corrected chi connectivity index (χ0v) is 7.30. The van der Waals surface area contributed by atoms with Gasteiger partial charge in [-0.1, -0.05) is 5.16 Å². The minimum atomic E-state index is -0.588. The summed E-state index contributed by atoms with van der Waals surface area (Å²) in [5.74, 6) is -0.588. The van der Waals surface area contributed by atoms with Crippen molar-refractivity contribution in [2.75, 3.05) is 7.11 Å². The zero-order chi connectivity index (χ0) is 8.97. The molecule has 0 aliphatic heterocycles. The molecule has 64 valence electrons. The molecule has 5 heteroatoms. The first kappa shape index (κ1) is 8.73. The molecule has 0 atom stereocenters. The van der Waals surface area contributed by atoms with Crippen molar-refractivity contribution in [2.45, 2.75) is 0 Å². The molecule has 0 saturated heterocycles. The normalized spacial score (nSPS) is 11.2. The van der Waals surface area contributed by atoms with E-state index in [2.05, 4.69) is 9.99 Å². The molecule has 2 N–H and O–H groups in total. The van der Waals surface area contributed by atoms with Gasteiger partial charge in [-0.15, -0.1) is 0 Å². The van der Waals surface area contributed by atoms with Gasteiger partial charge in [0.1, 0.15) is 7.11 Å². The van der Waals surface area contributed by atoms with Crippen molar-refractivity contribution >= 4 is 23.0 Å². The van der Waals surface area contributed by atoms with E-state index in [-0.39, 0.29) is 5.71 Å². The van der Waals surface area contributed by atoms with Gasteiger partial charge >= 0.3 is 0 Å². The lowest BCUT2D eigenvalue weighted by molar-refractivity contribution is -0.112. The summed E-state index contributed by atoms with van der Waals surface area (Å²) in [5, 5.41) is 7.13. The third-order valence-electron chi connectivity index (χ3n) is 1.21. The van der Waals surface area contributed by atoms with E-state index in [0.717, 1.165) is 0 Å². The summed E-state index contributed by atoms with van der Waals surface area (Å²) in [6, 6.07) is 1.76. The average molecular weight is 184 g/mol. The molecular formula is C7H8N2O2S. The molecule has 0 unspecified atom stereocenters. The number of nitrogens with two attached hydrogens (primary N) is 1. The van der Waals surface area contributed by atoms with Crippen molar-refractivity contribution in [1.29, 1.82) is 0 Å². The number of oxime groups is 1. The number of carbonyl (C=O) groups excluding carboxylic acids is 1. The molecule has 12 heavy (non-hydrogen) atoms. The van der Waals surface area contributed by atoms with Crippen molar-refractivity contribution in [2.24, 2.45) is 10.9 Å². The van der Waals surface area contributed by atoms with Crippen LogP contribution in [0.15, 0.2) is 22.0 Å². The molecule has 0 aliphatic rings. The van der Waals surface area contributed by atoms with Crippen LogP contribution in [0.1, 0.15) is 5.56 Å². The van der Waals surface area contributed by atoms with Crippen LogP contribution >= 0.6 is 11.3 Å². The van der Waals surface area contributed by atoms with Gasteiger partial charge in [-0.2, -0.15) is 11.3 Å². The second-order valence-corrected chi connectivity index (χ2v) is 2.78. The van der Waals surface area contributed by atoms with Gasteiger partial charge in [0.15, 0.2) is 5.71 Å². The molecule has 0 aromatic carbocycles. The first-order chi connectivity index (χ1) is 5.75. The van der Waals surface area contributed by atoms with Gasteiger partial charge in [-0.05, 0) is 11.4 Å². The van der Waals surface area contributed by atoms with Gasteiger partial charge in [0.25, 0.3) is 5.91 Å². The van der Waals surface area contributed by atoms with Crippen LogP contribution in [0.3, 0.4) is 0 Å². The highest BCUT2D eigenvalue weighted by Crippen LogP contribution is 2.07. The summed E-state index contributed by atoms with van der Waals surface area (Å²) in [5.41, 5.74) is 5.91. The van der Waals surface area contributed by atoms with Crippen LogP contribution in [0.2, 0.25) is 0 Å². The summed E-state index contributed by atoms with van der Waals surface area (Å²) < 4.78 is 0. The molecule has 1 aromatic rings. The quantitative estimate of drug-likeness (QED) is 0.551. The number of hydrogen-bond acceptors (Lipinski definition) is 4. The fraction of sp³-hybridized carbons (Fsp3) is 0.143. The number of nitrogens with zero attached hydrogens (tertiary/aromatic N) is 1. The van der Waals surface area contributed by atoms with E-state index in [0.29, 0.717) is 5.56 Å². The molecule has 1 rings (SSSR count). The predicted octanol–water partition coefficient (Wildman–Crippen LogP) is 0.584. The Hall–Kier alpha value is -1.36. The Morgan fingerprint density at radius 2 is 2.50 bits per heavy atom. The lowest BCUT2D eigenvalue weighted by Crippen LogP contribution is -2.23. The van der Waals surface area contributed by atoms with E-state index in [1.807, 2.05) is 5.38 Å². The number of carbonyl (C=O) groups is 1. The monoisotopic (exact) mass is 184 g/mol. The maximum Gasteiger partial charge on any atom is 0.271 e. The SMILES string of the molecule is CON=C(C(N)=O)c1ccsc1. The van der Waals surface area contributed by atoms with Gasteiger partial charge < -0.3 is 10.6 Å². The summed E-state index contributed by atoms with van der Waals surface area (Å²) in [4.78, 5) is 15.3. The lowest BCUT2D eigenvalue weighted by Gasteiger charge is -1.96. The molecule has 1 heterocycles. The minimum Gasteiger partial charge on any atom is -0.398 e. The van der Waals surface area contributed by atoms with Crippen LogP contribution in [0.5, 0.6) is 0 Å². The molecule has 0 bridgehead atoms. The van der Waals surface area contributed by atoms with E-state index >= 15 is 0 Å². The van der Waals surface area contributed by atoms with Crippen LogP contribution in [0.25, 0.3) is 0 Å². The molecule has 0 spiro atoms. The third kappa shape index (κ3) is 1.82. The molecule has 1 amide bonds. The van der Waals surface area contributed by atoms with E-state index in [9.17, 15) is 4.79 Å². The van der Waals surface area contributed by atoms with Crippen molar-refractivity contribution in [3.05, 3.63) is 22.4 Å². The first-order valence-electron chi connectivity index (χ1n) is 3.19. The Labute approximate surface area is 73.6 Å². The number of thiophene rings is 1. The van der Waals surface area contributed by atoms with Crippen LogP contribution < -0.4 is 5.73 Å². The van der Waals surface area contributed by atoms with E-state index in [1.165, 1.54) is 18.4 Å². The highest BCUT2D eigenvalue weighted by atomic mass is 32.1. The standard InChI is InChI=1S/C7H8N2O2S/c1-11-9-6(7(8)10)5-2-3-12-4-5/h2-4H,1H3,(H2,8,10). The highest BCUT2D eigenvalue weighted by Gasteiger charge is 2.10. The molecule has 1 aromatic heterocycles. The van der Waals surface area contributed by atoms with Crippen LogP contribution in [0, 0.1) is 0 Å². The van der Waals surface area contributed by atoms with Crippen molar-refractivity contribution < 1.29 is 9.63 Å². The van der Waals surface area contributed by atoms with Gasteiger partial charge in [0, 0.05) is 10.9 Å². The van der Waals surface area contributed by atoms with Crippen LogP contribution in [-0.2, 0) is 9.63 Å². The van der Waals surface area contributed by atoms with Crippen LogP contribution in [0.4, 0.5) is 0 Å². The average Bonchev–Trinajstić information content (AvgIpc) is 2.51. The minimum absolute atomic E-state index is 0.152. The van der Waals surface area contributed by atoms with Gasteiger partial charge in [0.2, 0.25) is 0 Å². The van der Waals surface area contributed by atoms with Gasteiger partial charge in [0.05, 0.1) is 0 Å². The highest BCUT2D eigenvalue weighted by molar-refractivity contribution is 7.08. The topological polar surface area (TPSA) is 64.7 Å². The van der Waals surface area contributed by atoms with Gasteiger partial charge in [-0.3, -0.25) is 4.79 Å². The second-order valence-electron chi connectivity index (χ2n) is 2.00. The number of amides is 1. The van der Waals surface area contributed by atoms with Crippen molar-refractivity contribution in [3.63, 3.8) is 0 Å². The number of primary amides is 1. The molecule has 4 nitrogen and oxygen atoms in total. The molecule has 0 saturated carbocycles. The maximum atomic E-state index is 10.8. The molecule has 0 radical (unpaired) electrons. The summed E-state index contributed by atoms with van der Waals surface area (Å²) in [6.07, 6.45) is 0. The summed E-state index contributed by atoms with van der Waals surface area (Å²) in [7, 11) is 1.37. The Kier molecular flexibility index (Phi) is 2.82. The number of hydrogen-bond donors (Lipinski definition) is 1. The number of rotatable bonds is 3. The largest absolute Gasteiger partial charge is 0.398 e. The Balaban J connectivity index is 2.96. The first-order valence-corrected chi connectivity index (χ1v) is 4.13. The maximum absolute atomic E-state index is 10.8. The Morgan fingerprint density at radius 1 is 1.75 bits per heavy atom. The zero-order valence-electron chi connectivity index (χ0n) is 6.48. The predicted molar refractivity (Wildman–Crippen MR) is 47.1 cm³/mol. The van der Waals surface area contributed by atoms with E-state index < -0.39 is 5.91 Å². The molecular weight excluding hydrogens is 176 g/mol. The molecule has 0 aliphatic carbocycles. The molecule has 0 fully saturated rings. The Morgan fingerprint density at radius 3 is 2.92 bits per heavy atom. The Bertz CT molecular complexity index is 292. The summed E-state index contributed by atoms with van der Waals surface area (Å²) >= 11 is 1.47. The third-order valence-corrected chi connectivity index (χ3v) is 1.89. The van der Waals surface area contributed by atoms with Crippen molar-refractivity contribution in [1.82, 2.24) is 0 Å². The fourth-order valence-electron chi connectivity index (χ4n) is 0.730. The lowest BCUT2D eigenvalue weighted by atomic mass is 10.2. The van der Waals surface area contributed by atoms with E-state index in [4.69, 9.17) is 5.73 Å². The summed E-state index contributed by atoms with van der Waals surface area (Å²) in [6.45, 7) is 0. The van der Waals surface area contributed by atoms with Crippen molar-refractivity contribution in [3.8, 4) is 0 Å². The van der Waals surface area contributed by atoms with E-state index in [1.54, 1.807) is 11.4 Å².